The second kappa shape index (κ2) is 6.44. The second-order valence-electron chi connectivity index (χ2n) is 4.05. The zero-order valence-corrected chi connectivity index (χ0v) is 9.13. The highest BCUT2D eigenvalue weighted by Crippen LogP contribution is 2.03. The Bertz CT molecular complexity index is 92.0. The Morgan fingerprint density at radius 2 is 1.42 bits per heavy atom. The van der Waals surface area contributed by atoms with E-state index in [1.807, 2.05) is 6.92 Å². The number of hydrogen-bond acceptors (Lipinski definition) is 2. The Labute approximate surface area is 76.9 Å². The fourth-order valence-corrected chi connectivity index (χ4v) is 1.18. The minimum atomic E-state index is 0.676. The molecule has 0 saturated carbocycles. The van der Waals surface area contributed by atoms with Crippen molar-refractivity contribution in [2.45, 2.75) is 34.6 Å². The minimum Gasteiger partial charge on any atom is -0.299 e. The molecule has 0 saturated heterocycles. The van der Waals surface area contributed by atoms with Crippen molar-refractivity contribution in [1.29, 1.82) is 0 Å². The van der Waals surface area contributed by atoms with Crippen LogP contribution in [-0.2, 0) is 4.84 Å². The molecule has 74 valence electrons. The smallest absolute Gasteiger partial charge is 0.0656 e. The average Bonchev–Trinajstić information content (AvgIpc) is 1.84. The quantitative estimate of drug-likeness (QED) is 0.572. The van der Waals surface area contributed by atoms with Gasteiger partial charge in [0.2, 0.25) is 0 Å². The summed E-state index contributed by atoms with van der Waals surface area (Å²) in [4.78, 5) is 5.50. The summed E-state index contributed by atoms with van der Waals surface area (Å²) < 4.78 is 0. The Morgan fingerprint density at radius 1 is 1.00 bits per heavy atom. The van der Waals surface area contributed by atoms with Crippen molar-refractivity contribution in [2.24, 2.45) is 11.8 Å². The summed E-state index contributed by atoms with van der Waals surface area (Å²) in [6.45, 7) is 13.7. The molecular formula is C10H23NO. The van der Waals surface area contributed by atoms with E-state index in [4.69, 9.17) is 4.84 Å². The van der Waals surface area contributed by atoms with Gasteiger partial charge < -0.3 is 0 Å². The Hall–Kier alpha value is -0.0800. The van der Waals surface area contributed by atoms with Gasteiger partial charge >= 0.3 is 0 Å². The molecule has 0 aliphatic rings. The van der Waals surface area contributed by atoms with Crippen LogP contribution in [0.2, 0.25) is 0 Å². The van der Waals surface area contributed by atoms with Gasteiger partial charge in [0.05, 0.1) is 6.61 Å². The van der Waals surface area contributed by atoms with E-state index in [2.05, 4.69) is 32.8 Å². The predicted octanol–water partition coefficient (Wildman–Crippen LogP) is 2.55. The first-order valence-corrected chi connectivity index (χ1v) is 4.94. The predicted molar refractivity (Wildman–Crippen MR) is 52.9 cm³/mol. The molecule has 0 aromatic heterocycles. The summed E-state index contributed by atoms with van der Waals surface area (Å²) in [7, 11) is 0. The summed E-state index contributed by atoms with van der Waals surface area (Å²) in [5.74, 6) is 1.35. The summed E-state index contributed by atoms with van der Waals surface area (Å²) >= 11 is 0. The molecule has 0 fully saturated rings. The highest BCUT2D eigenvalue weighted by molar-refractivity contribution is 4.53. The lowest BCUT2D eigenvalue weighted by Gasteiger charge is -2.24. The molecule has 0 rings (SSSR count). The van der Waals surface area contributed by atoms with Crippen LogP contribution in [-0.4, -0.2) is 24.8 Å². The number of nitrogens with zero attached hydrogens (tertiary/aromatic N) is 1. The molecule has 0 aromatic rings. The van der Waals surface area contributed by atoms with Crippen molar-refractivity contribution >= 4 is 0 Å². The van der Waals surface area contributed by atoms with Crippen molar-refractivity contribution in [3.8, 4) is 0 Å². The Kier molecular flexibility index (Phi) is 6.39. The van der Waals surface area contributed by atoms with Gasteiger partial charge in [0.15, 0.2) is 0 Å². The van der Waals surface area contributed by atoms with E-state index in [0.717, 1.165) is 19.7 Å². The van der Waals surface area contributed by atoms with E-state index in [-0.39, 0.29) is 0 Å². The van der Waals surface area contributed by atoms with Crippen LogP contribution >= 0.6 is 0 Å². The molecule has 0 aromatic carbocycles. The molecule has 0 radical (unpaired) electrons. The lowest BCUT2D eigenvalue weighted by Crippen LogP contribution is -2.31. The summed E-state index contributed by atoms with van der Waals surface area (Å²) in [6, 6.07) is 0. The van der Waals surface area contributed by atoms with Gasteiger partial charge in [0, 0.05) is 13.1 Å². The summed E-state index contributed by atoms with van der Waals surface area (Å²) in [5, 5.41) is 2.08. The van der Waals surface area contributed by atoms with E-state index in [1.165, 1.54) is 0 Å². The summed E-state index contributed by atoms with van der Waals surface area (Å²) in [5.41, 5.74) is 0. The Balaban J connectivity index is 3.69. The maximum absolute atomic E-state index is 5.50. The molecule has 2 heteroatoms. The van der Waals surface area contributed by atoms with Crippen LogP contribution in [0.1, 0.15) is 34.6 Å². The van der Waals surface area contributed by atoms with E-state index in [0.29, 0.717) is 11.8 Å². The molecule has 0 heterocycles. The van der Waals surface area contributed by atoms with Gasteiger partial charge in [-0.1, -0.05) is 27.7 Å². The zero-order chi connectivity index (χ0) is 9.56. The Morgan fingerprint density at radius 3 is 1.67 bits per heavy atom. The van der Waals surface area contributed by atoms with Gasteiger partial charge in [-0.05, 0) is 18.8 Å². The normalized spacial score (nSPS) is 12.0. The molecule has 0 bridgehead atoms. The van der Waals surface area contributed by atoms with Gasteiger partial charge in [-0.2, -0.15) is 5.06 Å². The van der Waals surface area contributed by atoms with Crippen molar-refractivity contribution < 1.29 is 4.84 Å². The van der Waals surface area contributed by atoms with Gasteiger partial charge in [0.25, 0.3) is 0 Å². The first-order chi connectivity index (χ1) is 5.56. The molecule has 0 amide bonds. The lowest BCUT2D eigenvalue weighted by atomic mass is 10.2. The second-order valence-corrected chi connectivity index (χ2v) is 4.05. The number of hydrogen-bond donors (Lipinski definition) is 0. The molecule has 0 unspecified atom stereocenters. The molecule has 2 nitrogen and oxygen atoms in total. The fraction of sp³-hybridized carbons (Fsp3) is 1.00. The topological polar surface area (TPSA) is 12.5 Å². The van der Waals surface area contributed by atoms with Gasteiger partial charge in [-0.25, -0.2) is 0 Å². The molecule has 0 N–H and O–H groups in total. The molecule has 0 spiro atoms. The standard InChI is InChI=1S/C10H23NO/c1-6-12-11(7-9(2)3)8-10(4)5/h9-10H,6-8H2,1-5H3. The van der Waals surface area contributed by atoms with Crippen molar-refractivity contribution in [3.05, 3.63) is 0 Å². The third-order valence-corrected chi connectivity index (χ3v) is 1.45. The van der Waals surface area contributed by atoms with Crippen LogP contribution in [0.5, 0.6) is 0 Å². The molecule has 12 heavy (non-hydrogen) atoms. The van der Waals surface area contributed by atoms with E-state index < -0.39 is 0 Å². The van der Waals surface area contributed by atoms with Crippen molar-refractivity contribution in [3.63, 3.8) is 0 Å². The zero-order valence-electron chi connectivity index (χ0n) is 9.13. The molecule has 0 aliphatic carbocycles. The SMILES string of the molecule is CCON(CC(C)C)CC(C)C. The van der Waals surface area contributed by atoms with Crippen LogP contribution in [0.3, 0.4) is 0 Å². The maximum Gasteiger partial charge on any atom is 0.0656 e. The lowest BCUT2D eigenvalue weighted by molar-refractivity contribution is -0.165. The fourth-order valence-electron chi connectivity index (χ4n) is 1.18. The third kappa shape index (κ3) is 6.62. The maximum atomic E-state index is 5.50. The minimum absolute atomic E-state index is 0.676. The summed E-state index contributed by atoms with van der Waals surface area (Å²) in [6.07, 6.45) is 0. The molecular weight excluding hydrogens is 150 g/mol. The van der Waals surface area contributed by atoms with Crippen LogP contribution in [0.4, 0.5) is 0 Å². The van der Waals surface area contributed by atoms with E-state index in [9.17, 15) is 0 Å². The van der Waals surface area contributed by atoms with Crippen molar-refractivity contribution in [1.82, 2.24) is 5.06 Å². The van der Waals surface area contributed by atoms with Crippen molar-refractivity contribution in [2.75, 3.05) is 19.7 Å². The van der Waals surface area contributed by atoms with Gasteiger partial charge in [-0.3, -0.25) is 4.84 Å². The third-order valence-electron chi connectivity index (χ3n) is 1.45. The number of rotatable bonds is 6. The largest absolute Gasteiger partial charge is 0.299 e. The first-order valence-electron chi connectivity index (χ1n) is 4.94. The van der Waals surface area contributed by atoms with Gasteiger partial charge in [0.1, 0.15) is 0 Å². The highest BCUT2D eigenvalue weighted by atomic mass is 16.7. The molecule has 0 aliphatic heterocycles. The highest BCUT2D eigenvalue weighted by Gasteiger charge is 2.08. The van der Waals surface area contributed by atoms with Crippen LogP contribution in [0.15, 0.2) is 0 Å². The first kappa shape index (κ1) is 11.9. The van der Waals surface area contributed by atoms with E-state index in [1.54, 1.807) is 0 Å². The van der Waals surface area contributed by atoms with Crippen LogP contribution in [0.25, 0.3) is 0 Å². The van der Waals surface area contributed by atoms with Crippen LogP contribution < -0.4 is 0 Å². The van der Waals surface area contributed by atoms with Gasteiger partial charge in [-0.15, -0.1) is 0 Å². The molecule has 0 atom stereocenters. The number of hydroxylamine groups is 2. The monoisotopic (exact) mass is 173 g/mol. The van der Waals surface area contributed by atoms with E-state index >= 15 is 0 Å². The average molecular weight is 173 g/mol. The van der Waals surface area contributed by atoms with Crippen LogP contribution in [0, 0.1) is 11.8 Å².